The summed E-state index contributed by atoms with van der Waals surface area (Å²) < 4.78 is 10.3. The SMILES string of the molecule is COc1ccc(OC[C@H](O)CN)c(Cl)c1. The van der Waals surface area contributed by atoms with E-state index in [0.717, 1.165) is 0 Å². The Morgan fingerprint density at radius 1 is 1.53 bits per heavy atom. The summed E-state index contributed by atoms with van der Waals surface area (Å²) >= 11 is 5.92. The zero-order valence-electron chi connectivity index (χ0n) is 8.44. The van der Waals surface area contributed by atoms with Crippen LogP contribution in [0.5, 0.6) is 11.5 Å². The first-order chi connectivity index (χ1) is 7.17. The Bertz CT molecular complexity index is 320. The fourth-order valence-corrected chi connectivity index (χ4v) is 1.20. The van der Waals surface area contributed by atoms with Crippen LogP contribution in [0, 0.1) is 0 Å². The summed E-state index contributed by atoms with van der Waals surface area (Å²) in [5, 5.41) is 9.64. The molecule has 3 N–H and O–H groups in total. The molecular weight excluding hydrogens is 218 g/mol. The lowest BCUT2D eigenvalue weighted by molar-refractivity contribution is 0.114. The first-order valence-corrected chi connectivity index (χ1v) is 4.89. The predicted octanol–water partition coefficient (Wildman–Crippen LogP) is 1.05. The summed E-state index contributed by atoms with van der Waals surface area (Å²) in [7, 11) is 1.56. The van der Waals surface area contributed by atoms with E-state index in [0.29, 0.717) is 16.5 Å². The van der Waals surface area contributed by atoms with E-state index in [9.17, 15) is 5.11 Å². The van der Waals surface area contributed by atoms with E-state index in [1.54, 1.807) is 25.3 Å². The van der Waals surface area contributed by atoms with Crippen LogP contribution in [0.1, 0.15) is 0 Å². The highest BCUT2D eigenvalue weighted by Crippen LogP contribution is 2.28. The van der Waals surface area contributed by atoms with E-state index in [-0.39, 0.29) is 13.2 Å². The van der Waals surface area contributed by atoms with Gasteiger partial charge in [0, 0.05) is 12.6 Å². The number of aliphatic hydroxyl groups is 1. The number of halogens is 1. The van der Waals surface area contributed by atoms with Gasteiger partial charge in [-0.1, -0.05) is 11.6 Å². The maximum absolute atomic E-state index is 9.19. The Balaban J connectivity index is 2.62. The van der Waals surface area contributed by atoms with Crippen molar-refractivity contribution in [3.8, 4) is 11.5 Å². The average Bonchev–Trinajstić information content (AvgIpc) is 2.26. The summed E-state index contributed by atoms with van der Waals surface area (Å²) in [5.41, 5.74) is 5.24. The molecule has 84 valence electrons. The van der Waals surface area contributed by atoms with Gasteiger partial charge in [0.1, 0.15) is 24.2 Å². The van der Waals surface area contributed by atoms with Crippen molar-refractivity contribution in [3.63, 3.8) is 0 Å². The molecule has 1 aromatic carbocycles. The number of hydrogen-bond donors (Lipinski definition) is 2. The molecule has 0 aliphatic carbocycles. The molecule has 1 aromatic rings. The van der Waals surface area contributed by atoms with Gasteiger partial charge >= 0.3 is 0 Å². The number of ether oxygens (including phenoxy) is 2. The lowest BCUT2D eigenvalue weighted by Gasteiger charge is -2.11. The van der Waals surface area contributed by atoms with Crippen LogP contribution >= 0.6 is 11.6 Å². The Labute approximate surface area is 93.6 Å². The molecule has 0 unspecified atom stereocenters. The van der Waals surface area contributed by atoms with Crippen LogP contribution in [-0.4, -0.2) is 31.5 Å². The van der Waals surface area contributed by atoms with Crippen molar-refractivity contribution in [1.82, 2.24) is 0 Å². The molecule has 0 aromatic heterocycles. The number of nitrogens with two attached hydrogens (primary N) is 1. The van der Waals surface area contributed by atoms with Gasteiger partial charge in [0.2, 0.25) is 0 Å². The maximum atomic E-state index is 9.19. The van der Waals surface area contributed by atoms with Gasteiger partial charge in [0.25, 0.3) is 0 Å². The van der Waals surface area contributed by atoms with Gasteiger partial charge in [-0.05, 0) is 12.1 Å². The molecule has 0 saturated carbocycles. The van der Waals surface area contributed by atoms with Gasteiger partial charge in [0.15, 0.2) is 0 Å². The molecule has 4 nitrogen and oxygen atoms in total. The zero-order valence-corrected chi connectivity index (χ0v) is 9.20. The molecule has 0 fully saturated rings. The average molecular weight is 232 g/mol. The van der Waals surface area contributed by atoms with Crippen LogP contribution in [0.2, 0.25) is 5.02 Å². The topological polar surface area (TPSA) is 64.7 Å². The van der Waals surface area contributed by atoms with Crippen molar-refractivity contribution in [3.05, 3.63) is 23.2 Å². The van der Waals surface area contributed by atoms with Crippen molar-refractivity contribution in [2.45, 2.75) is 6.10 Å². The molecule has 0 saturated heterocycles. The van der Waals surface area contributed by atoms with Gasteiger partial charge in [-0.2, -0.15) is 0 Å². The van der Waals surface area contributed by atoms with Gasteiger partial charge in [-0.15, -0.1) is 0 Å². The molecule has 15 heavy (non-hydrogen) atoms. The molecule has 0 aliphatic heterocycles. The van der Waals surface area contributed by atoms with Crippen molar-refractivity contribution in [2.24, 2.45) is 5.73 Å². The minimum atomic E-state index is -0.678. The fourth-order valence-electron chi connectivity index (χ4n) is 0.980. The van der Waals surface area contributed by atoms with Gasteiger partial charge in [-0.3, -0.25) is 0 Å². The van der Waals surface area contributed by atoms with Crippen LogP contribution < -0.4 is 15.2 Å². The summed E-state index contributed by atoms with van der Waals surface area (Å²) in [6, 6.07) is 5.06. The Hall–Kier alpha value is -0.970. The van der Waals surface area contributed by atoms with Crippen molar-refractivity contribution < 1.29 is 14.6 Å². The first kappa shape index (κ1) is 12.1. The second kappa shape index (κ2) is 5.80. The molecule has 0 radical (unpaired) electrons. The lowest BCUT2D eigenvalue weighted by Crippen LogP contribution is -2.26. The molecular formula is C10H14ClNO3. The second-order valence-electron chi connectivity index (χ2n) is 3.00. The van der Waals surface area contributed by atoms with Crippen LogP contribution in [0.25, 0.3) is 0 Å². The van der Waals surface area contributed by atoms with E-state index >= 15 is 0 Å². The van der Waals surface area contributed by atoms with Crippen molar-refractivity contribution in [1.29, 1.82) is 0 Å². The molecule has 0 bridgehead atoms. The molecule has 1 rings (SSSR count). The number of methoxy groups -OCH3 is 1. The van der Waals surface area contributed by atoms with Crippen LogP contribution in [0.3, 0.4) is 0 Å². The highest BCUT2D eigenvalue weighted by atomic mass is 35.5. The van der Waals surface area contributed by atoms with Crippen LogP contribution in [0.15, 0.2) is 18.2 Å². The third-order valence-electron chi connectivity index (χ3n) is 1.84. The molecule has 5 heteroatoms. The quantitative estimate of drug-likeness (QED) is 0.795. The third-order valence-corrected chi connectivity index (χ3v) is 2.14. The fraction of sp³-hybridized carbons (Fsp3) is 0.400. The normalized spacial score (nSPS) is 12.3. The number of rotatable bonds is 5. The highest BCUT2D eigenvalue weighted by Gasteiger charge is 2.06. The number of aliphatic hydroxyl groups excluding tert-OH is 1. The van der Waals surface area contributed by atoms with Crippen molar-refractivity contribution >= 4 is 11.6 Å². The Morgan fingerprint density at radius 3 is 2.80 bits per heavy atom. The van der Waals surface area contributed by atoms with Gasteiger partial charge in [-0.25, -0.2) is 0 Å². The first-order valence-electron chi connectivity index (χ1n) is 4.52. The maximum Gasteiger partial charge on any atom is 0.138 e. The minimum Gasteiger partial charge on any atom is -0.497 e. The van der Waals surface area contributed by atoms with Gasteiger partial charge < -0.3 is 20.3 Å². The minimum absolute atomic E-state index is 0.128. The monoisotopic (exact) mass is 231 g/mol. The van der Waals surface area contributed by atoms with E-state index in [2.05, 4.69) is 0 Å². The van der Waals surface area contributed by atoms with E-state index in [1.165, 1.54) is 0 Å². The molecule has 0 aliphatic rings. The molecule has 0 amide bonds. The lowest BCUT2D eigenvalue weighted by atomic mass is 10.3. The second-order valence-corrected chi connectivity index (χ2v) is 3.40. The summed E-state index contributed by atoms with van der Waals surface area (Å²) in [6.45, 7) is 0.288. The van der Waals surface area contributed by atoms with E-state index in [4.69, 9.17) is 26.8 Å². The third kappa shape index (κ3) is 3.58. The Kier molecular flexibility index (Phi) is 4.68. The standard InChI is InChI=1S/C10H14ClNO3/c1-14-8-2-3-10(9(11)4-8)15-6-7(13)5-12/h2-4,7,13H,5-6,12H2,1H3/t7-/m1/s1. The van der Waals surface area contributed by atoms with Crippen LogP contribution in [-0.2, 0) is 0 Å². The van der Waals surface area contributed by atoms with Crippen molar-refractivity contribution in [2.75, 3.05) is 20.3 Å². The summed E-state index contributed by atoms with van der Waals surface area (Å²) in [4.78, 5) is 0. The van der Waals surface area contributed by atoms with Crippen LogP contribution in [0.4, 0.5) is 0 Å². The molecule has 0 heterocycles. The number of benzene rings is 1. The smallest absolute Gasteiger partial charge is 0.138 e. The highest BCUT2D eigenvalue weighted by molar-refractivity contribution is 6.32. The van der Waals surface area contributed by atoms with E-state index < -0.39 is 6.10 Å². The molecule has 0 spiro atoms. The molecule has 1 atom stereocenters. The largest absolute Gasteiger partial charge is 0.497 e. The van der Waals surface area contributed by atoms with E-state index in [1.807, 2.05) is 0 Å². The number of hydrogen-bond acceptors (Lipinski definition) is 4. The summed E-state index contributed by atoms with van der Waals surface area (Å²) in [6.07, 6.45) is -0.678. The van der Waals surface area contributed by atoms with Gasteiger partial charge in [0.05, 0.1) is 12.1 Å². The summed E-state index contributed by atoms with van der Waals surface area (Å²) in [5.74, 6) is 1.16. The Morgan fingerprint density at radius 2 is 2.27 bits per heavy atom. The predicted molar refractivity (Wildman–Crippen MR) is 58.6 cm³/mol. The zero-order chi connectivity index (χ0) is 11.3.